The quantitative estimate of drug-likeness (QED) is 0.833. The maximum Gasteiger partial charge on any atom is 0.0970 e. The second-order valence-electron chi connectivity index (χ2n) is 5.20. The molecule has 0 saturated carbocycles. The SMILES string of the molecule is CCN(CC)C(C)(CC)C(O)c1ccc(C)cc1. The molecular formula is C16H27NO. The van der Waals surface area contributed by atoms with Crippen molar-refractivity contribution >= 4 is 0 Å². The third-order valence-corrected chi connectivity index (χ3v) is 4.18. The Morgan fingerprint density at radius 1 is 1.11 bits per heavy atom. The van der Waals surface area contributed by atoms with Gasteiger partial charge < -0.3 is 5.11 Å². The molecule has 0 aliphatic carbocycles. The maximum atomic E-state index is 10.7. The number of hydrogen-bond donors (Lipinski definition) is 1. The van der Waals surface area contributed by atoms with Crippen LogP contribution in [0.1, 0.15) is 51.3 Å². The number of nitrogens with zero attached hydrogens (tertiary/aromatic N) is 1. The van der Waals surface area contributed by atoms with Gasteiger partial charge in [-0.3, -0.25) is 4.90 Å². The highest BCUT2D eigenvalue weighted by molar-refractivity contribution is 5.25. The van der Waals surface area contributed by atoms with Gasteiger partial charge in [0.15, 0.2) is 0 Å². The molecule has 0 aliphatic rings. The molecule has 0 radical (unpaired) electrons. The van der Waals surface area contributed by atoms with E-state index in [9.17, 15) is 5.11 Å². The van der Waals surface area contributed by atoms with Crippen LogP contribution in [-0.4, -0.2) is 28.6 Å². The van der Waals surface area contributed by atoms with Crippen molar-refractivity contribution in [3.63, 3.8) is 0 Å². The average molecular weight is 249 g/mol. The standard InChI is InChI=1S/C16H27NO/c1-6-16(5,17(7-2)8-3)15(18)14-11-9-13(4)10-12-14/h9-12,15,18H,6-8H2,1-5H3. The minimum Gasteiger partial charge on any atom is -0.386 e. The van der Waals surface area contributed by atoms with Crippen LogP contribution in [0.15, 0.2) is 24.3 Å². The van der Waals surface area contributed by atoms with Crippen LogP contribution >= 0.6 is 0 Å². The molecule has 0 heterocycles. The Morgan fingerprint density at radius 3 is 2.00 bits per heavy atom. The highest BCUT2D eigenvalue weighted by Crippen LogP contribution is 2.34. The van der Waals surface area contributed by atoms with Gasteiger partial charge in [0.2, 0.25) is 0 Å². The zero-order valence-corrected chi connectivity index (χ0v) is 12.4. The number of benzene rings is 1. The molecule has 1 N–H and O–H groups in total. The van der Waals surface area contributed by atoms with E-state index >= 15 is 0 Å². The lowest BCUT2D eigenvalue weighted by atomic mass is 9.85. The predicted molar refractivity (Wildman–Crippen MR) is 77.8 cm³/mol. The van der Waals surface area contributed by atoms with E-state index in [4.69, 9.17) is 0 Å². The van der Waals surface area contributed by atoms with E-state index in [1.54, 1.807) is 0 Å². The van der Waals surface area contributed by atoms with Crippen molar-refractivity contribution in [2.75, 3.05) is 13.1 Å². The summed E-state index contributed by atoms with van der Waals surface area (Å²) in [6, 6.07) is 8.21. The number of aryl methyl sites for hydroxylation is 1. The summed E-state index contributed by atoms with van der Waals surface area (Å²) in [6.07, 6.45) is 0.493. The zero-order chi connectivity index (χ0) is 13.8. The lowest BCUT2D eigenvalue weighted by Gasteiger charge is -2.43. The van der Waals surface area contributed by atoms with Gasteiger partial charge in [-0.25, -0.2) is 0 Å². The number of rotatable bonds is 6. The zero-order valence-electron chi connectivity index (χ0n) is 12.4. The molecule has 0 aliphatic heterocycles. The van der Waals surface area contributed by atoms with E-state index in [1.807, 2.05) is 12.1 Å². The summed E-state index contributed by atoms with van der Waals surface area (Å²) in [7, 11) is 0. The van der Waals surface area contributed by atoms with E-state index in [2.05, 4.69) is 51.7 Å². The van der Waals surface area contributed by atoms with E-state index in [1.165, 1.54) is 5.56 Å². The van der Waals surface area contributed by atoms with Crippen LogP contribution in [-0.2, 0) is 0 Å². The summed E-state index contributed by atoms with van der Waals surface area (Å²) in [5, 5.41) is 10.7. The minimum atomic E-state index is -0.442. The summed E-state index contributed by atoms with van der Waals surface area (Å²) in [5.41, 5.74) is 2.04. The first-order valence-electron chi connectivity index (χ1n) is 6.99. The van der Waals surface area contributed by atoms with Crippen LogP contribution in [0.25, 0.3) is 0 Å². The van der Waals surface area contributed by atoms with Crippen LogP contribution in [0, 0.1) is 6.92 Å². The molecule has 0 spiro atoms. The third kappa shape index (κ3) is 2.93. The summed E-state index contributed by atoms with van der Waals surface area (Å²) < 4.78 is 0. The van der Waals surface area contributed by atoms with Crippen molar-refractivity contribution in [1.29, 1.82) is 0 Å². The van der Waals surface area contributed by atoms with Crippen molar-refractivity contribution < 1.29 is 5.11 Å². The fraction of sp³-hybridized carbons (Fsp3) is 0.625. The van der Waals surface area contributed by atoms with Crippen molar-refractivity contribution in [3.8, 4) is 0 Å². The monoisotopic (exact) mass is 249 g/mol. The molecule has 0 bridgehead atoms. The molecule has 1 aromatic rings. The summed E-state index contributed by atoms with van der Waals surface area (Å²) >= 11 is 0. The number of likely N-dealkylation sites (N-methyl/N-ethyl adjacent to an activating group) is 1. The second kappa shape index (κ2) is 6.35. The van der Waals surface area contributed by atoms with E-state index < -0.39 is 6.10 Å². The summed E-state index contributed by atoms with van der Waals surface area (Å²) in [4.78, 5) is 2.34. The third-order valence-electron chi connectivity index (χ3n) is 4.18. The summed E-state index contributed by atoms with van der Waals surface area (Å²) in [6.45, 7) is 12.6. The maximum absolute atomic E-state index is 10.7. The molecule has 102 valence electrons. The Hall–Kier alpha value is -0.860. The van der Waals surface area contributed by atoms with Gasteiger partial charge in [0, 0.05) is 5.54 Å². The Labute approximate surface area is 112 Å². The molecule has 0 aromatic heterocycles. The largest absolute Gasteiger partial charge is 0.386 e. The van der Waals surface area contributed by atoms with Crippen molar-refractivity contribution in [1.82, 2.24) is 4.90 Å². The minimum absolute atomic E-state index is 0.196. The van der Waals surface area contributed by atoms with Crippen LogP contribution in [0.4, 0.5) is 0 Å². The molecule has 2 nitrogen and oxygen atoms in total. The topological polar surface area (TPSA) is 23.5 Å². The highest BCUT2D eigenvalue weighted by atomic mass is 16.3. The van der Waals surface area contributed by atoms with Crippen molar-refractivity contribution in [2.45, 2.75) is 52.7 Å². The smallest absolute Gasteiger partial charge is 0.0970 e. The van der Waals surface area contributed by atoms with Crippen LogP contribution < -0.4 is 0 Å². The first kappa shape index (κ1) is 15.2. The number of hydrogen-bond acceptors (Lipinski definition) is 2. The van der Waals surface area contributed by atoms with Crippen molar-refractivity contribution in [2.24, 2.45) is 0 Å². The highest BCUT2D eigenvalue weighted by Gasteiger charge is 2.36. The Bertz CT molecular complexity index is 356. The first-order chi connectivity index (χ1) is 8.49. The van der Waals surface area contributed by atoms with Gasteiger partial charge in [0.25, 0.3) is 0 Å². The van der Waals surface area contributed by atoms with E-state index in [0.29, 0.717) is 0 Å². The number of aliphatic hydroxyl groups excluding tert-OH is 1. The fourth-order valence-electron chi connectivity index (χ4n) is 2.64. The molecule has 0 amide bonds. The average Bonchev–Trinajstić information content (AvgIpc) is 2.39. The molecule has 2 atom stereocenters. The van der Waals surface area contributed by atoms with Gasteiger partial charge in [-0.15, -0.1) is 0 Å². The van der Waals surface area contributed by atoms with Crippen LogP contribution in [0.2, 0.25) is 0 Å². The predicted octanol–water partition coefficient (Wildman–Crippen LogP) is 3.54. The Morgan fingerprint density at radius 2 is 1.61 bits per heavy atom. The van der Waals surface area contributed by atoms with Gasteiger partial charge >= 0.3 is 0 Å². The molecule has 1 aromatic carbocycles. The second-order valence-corrected chi connectivity index (χ2v) is 5.20. The van der Waals surface area contributed by atoms with E-state index in [0.717, 1.165) is 25.1 Å². The molecular weight excluding hydrogens is 222 g/mol. The van der Waals surface area contributed by atoms with Crippen LogP contribution in [0.5, 0.6) is 0 Å². The molecule has 2 heteroatoms. The van der Waals surface area contributed by atoms with Crippen molar-refractivity contribution in [3.05, 3.63) is 35.4 Å². The summed E-state index contributed by atoms with van der Waals surface area (Å²) in [5.74, 6) is 0. The molecule has 1 rings (SSSR count). The van der Waals surface area contributed by atoms with Gasteiger partial charge in [-0.2, -0.15) is 0 Å². The molecule has 18 heavy (non-hydrogen) atoms. The van der Waals surface area contributed by atoms with Gasteiger partial charge in [0.1, 0.15) is 0 Å². The van der Waals surface area contributed by atoms with E-state index in [-0.39, 0.29) is 5.54 Å². The normalized spacial score (nSPS) is 16.6. The first-order valence-corrected chi connectivity index (χ1v) is 6.99. The molecule has 0 fully saturated rings. The Kier molecular flexibility index (Phi) is 5.36. The van der Waals surface area contributed by atoms with Gasteiger partial charge in [-0.1, -0.05) is 50.6 Å². The Balaban J connectivity index is 3.03. The molecule has 2 unspecified atom stereocenters. The van der Waals surface area contributed by atoms with Crippen LogP contribution in [0.3, 0.4) is 0 Å². The van der Waals surface area contributed by atoms with Gasteiger partial charge in [0.05, 0.1) is 6.10 Å². The fourth-order valence-corrected chi connectivity index (χ4v) is 2.64. The number of aliphatic hydroxyl groups is 1. The lowest BCUT2D eigenvalue weighted by molar-refractivity contribution is -0.0213. The lowest BCUT2D eigenvalue weighted by Crippen LogP contribution is -2.50. The molecule has 0 saturated heterocycles. The van der Waals surface area contributed by atoms with Gasteiger partial charge in [-0.05, 0) is 38.9 Å².